The van der Waals surface area contributed by atoms with Gasteiger partial charge in [0.2, 0.25) is 0 Å². The van der Waals surface area contributed by atoms with E-state index < -0.39 is 0 Å². The fourth-order valence-corrected chi connectivity index (χ4v) is 2.16. The van der Waals surface area contributed by atoms with Crippen LogP contribution < -0.4 is 10.6 Å². The third kappa shape index (κ3) is 4.24. The maximum absolute atomic E-state index is 11.8. The van der Waals surface area contributed by atoms with Crippen LogP contribution in [0.1, 0.15) is 31.4 Å². The second-order valence-electron chi connectivity index (χ2n) is 5.12. The summed E-state index contributed by atoms with van der Waals surface area (Å²) >= 11 is 0. The molecule has 1 fully saturated rings. The minimum atomic E-state index is -0.114. The molecule has 2 rings (SSSR count). The van der Waals surface area contributed by atoms with Gasteiger partial charge in [-0.2, -0.15) is 0 Å². The Kier molecular flexibility index (Phi) is 4.80. The molecule has 19 heavy (non-hydrogen) atoms. The number of carbonyl (C=O) groups excluding carboxylic acids is 1. The van der Waals surface area contributed by atoms with Crippen LogP contribution >= 0.6 is 0 Å². The number of urea groups is 1. The Balaban J connectivity index is 1.77. The predicted molar refractivity (Wildman–Crippen MR) is 74.9 cm³/mol. The number of nitrogens with one attached hydrogen (secondary N) is 2. The summed E-state index contributed by atoms with van der Waals surface area (Å²) in [5.41, 5.74) is 1.07. The molecular weight excluding hydrogens is 240 g/mol. The highest BCUT2D eigenvalue weighted by atomic mass is 16.5. The lowest BCUT2D eigenvalue weighted by Crippen LogP contribution is -2.43. The molecular formula is C15H22N2O2. The minimum absolute atomic E-state index is 0.108. The topological polar surface area (TPSA) is 50.4 Å². The lowest BCUT2D eigenvalue weighted by Gasteiger charge is -2.18. The molecule has 0 saturated heterocycles. The molecule has 4 nitrogen and oxygen atoms in total. The Hall–Kier alpha value is -1.55. The zero-order valence-corrected chi connectivity index (χ0v) is 11.6. The number of methoxy groups -OCH3 is 1. The summed E-state index contributed by atoms with van der Waals surface area (Å²) in [4.78, 5) is 11.8. The molecule has 0 heterocycles. The third-order valence-corrected chi connectivity index (χ3v) is 3.59. The van der Waals surface area contributed by atoms with Crippen LogP contribution in [0.2, 0.25) is 0 Å². The van der Waals surface area contributed by atoms with E-state index in [4.69, 9.17) is 4.74 Å². The molecule has 1 aromatic rings. The molecule has 4 heteroatoms. The summed E-state index contributed by atoms with van der Waals surface area (Å²) in [6, 6.07) is 10.1. The summed E-state index contributed by atoms with van der Waals surface area (Å²) < 4.78 is 5.41. The molecule has 1 aromatic carbocycles. The number of hydrogen-bond acceptors (Lipinski definition) is 2. The molecule has 0 bridgehead atoms. The van der Waals surface area contributed by atoms with E-state index >= 15 is 0 Å². The summed E-state index contributed by atoms with van der Waals surface area (Å²) in [7, 11) is 1.66. The Labute approximate surface area is 114 Å². The standard InChI is InChI=1S/C15H22N2O2/c1-11(12-8-9-12)17-15(18)16-10-14(19-2)13-6-4-3-5-7-13/h3-7,11-12,14H,8-10H2,1-2H3,(H2,16,17,18). The molecule has 2 unspecified atom stereocenters. The number of amides is 2. The fraction of sp³-hybridized carbons (Fsp3) is 0.533. The third-order valence-electron chi connectivity index (χ3n) is 3.59. The van der Waals surface area contributed by atoms with Gasteiger partial charge in [0.05, 0.1) is 6.10 Å². The van der Waals surface area contributed by atoms with Gasteiger partial charge in [0.15, 0.2) is 0 Å². The molecule has 1 aliphatic rings. The van der Waals surface area contributed by atoms with E-state index in [0.29, 0.717) is 12.5 Å². The molecule has 2 N–H and O–H groups in total. The monoisotopic (exact) mass is 262 g/mol. The first-order valence-corrected chi connectivity index (χ1v) is 6.83. The largest absolute Gasteiger partial charge is 0.375 e. The Bertz CT molecular complexity index is 404. The van der Waals surface area contributed by atoms with E-state index in [1.54, 1.807) is 7.11 Å². The van der Waals surface area contributed by atoms with Crippen LogP contribution in [0, 0.1) is 5.92 Å². The second kappa shape index (κ2) is 6.57. The fourth-order valence-electron chi connectivity index (χ4n) is 2.16. The van der Waals surface area contributed by atoms with Gasteiger partial charge in [0, 0.05) is 19.7 Å². The normalized spacial score (nSPS) is 17.6. The van der Waals surface area contributed by atoms with Crippen molar-refractivity contribution in [2.24, 2.45) is 5.92 Å². The van der Waals surface area contributed by atoms with Gasteiger partial charge in [-0.15, -0.1) is 0 Å². The zero-order valence-electron chi connectivity index (χ0n) is 11.6. The molecule has 0 radical (unpaired) electrons. The molecule has 0 aromatic heterocycles. The van der Waals surface area contributed by atoms with E-state index in [2.05, 4.69) is 17.6 Å². The molecule has 1 saturated carbocycles. The molecule has 2 amide bonds. The molecule has 2 atom stereocenters. The first-order chi connectivity index (χ1) is 9.20. The van der Waals surface area contributed by atoms with E-state index in [1.165, 1.54) is 12.8 Å². The van der Waals surface area contributed by atoms with Crippen molar-refractivity contribution in [1.29, 1.82) is 0 Å². The van der Waals surface area contributed by atoms with Crippen LogP contribution in [0.5, 0.6) is 0 Å². The second-order valence-corrected chi connectivity index (χ2v) is 5.12. The van der Waals surface area contributed by atoms with Gasteiger partial charge in [0.1, 0.15) is 0 Å². The summed E-state index contributed by atoms with van der Waals surface area (Å²) in [5, 5.41) is 5.84. The van der Waals surface area contributed by atoms with Crippen LogP contribution in [0.15, 0.2) is 30.3 Å². The minimum Gasteiger partial charge on any atom is -0.375 e. The number of ether oxygens (including phenoxy) is 1. The number of carbonyl (C=O) groups is 1. The quantitative estimate of drug-likeness (QED) is 0.827. The van der Waals surface area contributed by atoms with Crippen LogP contribution in [-0.4, -0.2) is 25.7 Å². The van der Waals surface area contributed by atoms with Gasteiger partial charge in [-0.1, -0.05) is 30.3 Å². The van der Waals surface area contributed by atoms with Gasteiger partial charge in [-0.25, -0.2) is 4.79 Å². The van der Waals surface area contributed by atoms with Crippen LogP contribution in [-0.2, 0) is 4.74 Å². The Morgan fingerprint density at radius 1 is 1.37 bits per heavy atom. The van der Waals surface area contributed by atoms with Gasteiger partial charge in [-0.3, -0.25) is 0 Å². The first-order valence-electron chi connectivity index (χ1n) is 6.83. The molecule has 0 aliphatic heterocycles. The van der Waals surface area contributed by atoms with Gasteiger partial charge in [0.25, 0.3) is 0 Å². The molecule has 104 valence electrons. The molecule has 1 aliphatic carbocycles. The van der Waals surface area contributed by atoms with Crippen molar-refractivity contribution in [1.82, 2.24) is 10.6 Å². The van der Waals surface area contributed by atoms with Gasteiger partial charge >= 0.3 is 6.03 Å². The highest BCUT2D eigenvalue weighted by molar-refractivity contribution is 5.74. The van der Waals surface area contributed by atoms with Crippen molar-refractivity contribution in [3.8, 4) is 0 Å². The van der Waals surface area contributed by atoms with E-state index in [1.807, 2.05) is 30.3 Å². The highest BCUT2D eigenvalue weighted by Crippen LogP contribution is 2.32. The average Bonchev–Trinajstić information content (AvgIpc) is 3.25. The SMILES string of the molecule is COC(CNC(=O)NC(C)C1CC1)c1ccccc1. The first kappa shape index (κ1) is 13.9. The van der Waals surface area contributed by atoms with Crippen molar-refractivity contribution in [2.75, 3.05) is 13.7 Å². The van der Waals surface area contributed by atoms with Crippen LogP contribution in [0.3, 0.4) is 0 Å². The maximum atomic E-state index is 11.8. The average molecular weight is 262 g/mol. The predicted octanol–water partition coefficient (Wildman–Crippen LogP) is 2.47. The lowest BCUT2D eigenvalue weighted by molar-refractivity contribution is 0.104. The van der Waals surface area contributed by atoms with Gasteiger partial charge < -0.3 is 15.4 Å². The number of rotatable bonds is 6. The van der Waals surface area contributed by atoms with E-state index in [0.717, 1.165) is 5.56 Å². The zero-order chi connectivity index (χ0) is 13.7. The summed E-state index contributed by atoms with van der Waals surface area (Å²) in [6.45, 7) is 2.53. The number of hydrogen-bond donors (Lipinski definition) is 2. The van der Waals surface area contributed by atoms with Gasteiger partial charge in [-0.05, 0) is 31.2 Å². The van der Waals surface area contributed by atoms with Crippen LogP contribution in [0.25, 0.3) is 0 Å². The Morgan fingerprint density at radius 2 is 2.05 bits per heavy atom. The highest BCUT2D eigenvalue weighted by Gasteiger charge is 2.28. The van der Waals surface area contributed by atoms with Crippen molar-refractivity contribution in [3.63, 3.8) is 0 Å². The Morgan fingerprint density at radius 3 is 2.63 bits per heavy atom. The maximum Gasteiger partial charge on any atom is 0.315 e. The lowest BCUT2D eigenvalue weighted by atomic mass is 10.1. The summed E-state index contributed by atoms with van der Waals surface area (Å²) in [6.07, 6.45) is 2.35. The van der Waals surface area contributed by atoms with E-state index in [-0.39, 0.29) is 18.2 Å². The summed E-state index contributed by atoms with van der Waals surface area (Å²) in [5.74, 6) is 0.665. The van der Waals surface area contributed by atoms with Crippen molar-refractivity contribution >= 4 is 6.03 Å². The molecule has 0 spiro atoms. The van der Waals surface area contributed by atoms with Crippen molar-refractivity contribution in [2.45, 2.75) is 31.9 Å². The van der Waals surface area contributed by atoms with E-state index in [9.17, 15) is 4.79 Å². The van der Waals surface area contributed by atoms with Crippen molar-refractivity contribution < 1.29 is 9.53 Å². The van der Waals surface area contributed by atoms with Crippen LogP contribution in [0.4, 0.5) is 4.79 Å². The van der Waals surface area contributed by atoms with Crippen molar-refractivity contribution in [3.05, 3.63) is 35.9 Å². The smallest absolute Gasteiger partial charge is 0.315 e. The number of benzene rings is 1.